The summed E-state index contributed by atoms with van der Waals surface area (Å²) in [6.45, 7) is 2.40. The molecule has 0 unspecified atom stereocenters. The average molecular weight is 270 g/mol. The Morgan fingerprint density at radius 2 is 1.95 bits per heavy atom. The Bertz CT molecular complexity index is 579. The monoisotopic (exact) mass is 270 g/mol. The zero-order valence-corrected chi connectivity index (χ0v) is 11.4. The van der Waals surface area contributed by atoms with Gasteiger partial charge in [0.2, 0.25) is 5.91 Å². The summed E-state index contributed by atoms with van der Waals surface area (Å²) in [5, 5.41) is 2.79. The maximum Gasteiger partial charge on any atom is 0.250 e. The van der Waals surface area contributed by atoms with Crippen molar-refractivity contribution in [2.75, 3.05) is 17.7 Å². The molecule has 0 spiro atoms. The highest BCUT2D eigenvalue weighted by molar-refractivity contribution is 5.91. The minimum absolute atomic E-state index is 0.0261. The predicted molar refractivity (Wildman–Crippen MR) is 80.3 cm³/mol. The van der Waals surface area contributed by atoms with Crippen molar-refractivity contribution in [3.05, 3.63) is 59.7 Å². The van der Waals surface area contributed by atoms with Crippen molar-refractivity contribution in [3.63, 3.8) is 0 Å². The Kier molecular flexibility index (Phi) is 4.74. The first-order valence-corrected chi connectivity index (χ1v) is 6.42. The summed E-state index contributed by atoms with van der Waals surface area (Å²) in [6, 6.07) is 15.0. The van der Waals surface area contributed by atoms with Crippen molar-refractivity contribution in [1.29, 1.82) is 0 Å². The molecule has 0 heterocycles. The van der Waals surface area contributed by atoms with Crippen molar-refractivity contribution >= 4 is 17.3 Å². The molecule has 0 aliphatic carbocycles. The fourth-order valence-electron chi connectivity index (χ4n) is 1.80. The zero-order chi connectivity index (χ0) is 14.4. The largest absolute Gasteiger partial charge is 0.399 e. The van der Waals surface area contributed by atoms with Crippen LogP contribution < -0.4 is 11.1 Å². The molecule has 0 aromatic heterocycles. The molecule has 0 fully saturated rings. The third-order valence-corrected chi connectivity index (χ3v) is 2.78. The van der Waals surface area contributed by atoms with Gasteiger partial charge in [-0.25, -0.2) is 0 Å². The maximum atomic E-state index is 11.7. The van der Waals surface area contributed by atoms with Crippen LogP contribution in [0.1, 0.15) is 11.1 Å². The second-order valence-corrected chi connectivity index (χ2v) is 4.65. The number of ether oxygens (including phenoxy) is 1. The molecule has 0 aliphatic rings. The summed E-state index contributed by atoms with van der Waals surface area (Å²) in [6.07, 6.45) is 0. The standard InChI is InChI=1S/C16H18N2O2/c1-12-3-2-4-15(9-12)18-16(19)11-20-10-13-5-7-14(17)8-6-13/h2-9H,10-11,17H2,1H3,(H,18,19). The lowest BCUT2D eigenvalue weighted by atomic mass is 10.2. The lowest BCUT2D eigenvalue weighted by molar-refractivity contribution is -0.121. The highest BCUT2D eigenvalue weighted by atomic mass is 16.5. The number of hydrogen-bond donors (Lipinski definition) is 2. The second kappa shape index (κ2) is 6.73. The van der Waals surface area contributed by atoms with E-state index in [1.165, 1.54) is 0 Å². The Morgan fingerprint density at radius 1 is 1.20 bits per heavy atom. The minimum atomic E-state index is -0.161. The molecule has 20 heavy (non-hydrogen) atoms. The summed E-state index contributed by atoms with van der Waals surface area (Å²) in [5.74, 6) is -0.161. The lowest BCUT2D eigenvalue weighted by Crippen LogP contribution is -2.18. The zero-order valence-electron chi connectivity index (χ0n) is 11.4. The van der Waals surface area contributed by atoms with Gasteiger partial charge in [-0.05, 0) is 42.3 Å². The number of hydrogen-bond acceptors (Lipinski definition) is 3. The van der Waals surface area contributed by atoms with Crippen molar-refractivity contribution < 1.29 is 9.53 Å². The van der Waals surface area contributed by atoms with Gasteiger partial charge in [-0.1, -0.05) is 24.3 Å². The first-order chi connectivity index (χ1) is 9.63. The number of carbonyl (C=O) groups is 1. The van der Waals surface area contributed by atoms with Crippen LogP contribution in [-0.4, -0.2) is 12.5 Å². The van der Waals surface area contributed by atoms with Crippen molar-refractivity contribution in [1.82, 2.24) is 0 Å². The number of benzene rings is 2. The van der Waals surface area contributed by atoms with E-state index in [9.17, 15) is 4.79 Å². The SMILES string of the molecule is Cc1cccc(NC(=O)COCc2ccc(N)cc2)c1. The summed E-state index contributed by atoms with van der Waals surface area (Å²) < 4.78 is 5.37. The molecule has 3 N–H and O–H groups in total. The first-order valence-electron chi connectivity index (χ1n) is 6.42. The quantitative estimate of drug-likeness (QED) is 0.821. The predicted octanol–water partition coefficient (Wildman–Crippen LogP) is 2.73. The average Bonchev–Trinajstić information content (AvgIpc) is 2.41. The molecule has 0 atom stereocenters. The van der Waals surface area contributed by atoms with E-state index in [1.807, 2.05) is 55.5 Å². The molecule has 2 aromatic rings. The summed E-state index contributed by atoms with van der Waals surface area (Å²) in [7, 11) is 0. The van der Waals surface area contributed by atoms with Crippen LogP contribution in [0, 0.1) is 6.92 Å². The molecule has 0 saturated heterocycles. The topological polar surface area (TPSA) is 64.3 Å². The summed E-state index contributed by atoms with van der Waals surface area (Å²) in [5.41, 5.74) is 9.18. The molecule has 4 nitrogen and oxygen atoms in total. The van der Waals surface area contributed by atoms with Crippen LogP contribution >= 0.6 is 0 Å². The fraction of sp³-hybridized carbons (Fsp3) is 0.188. The van der Waals surface area contributed by atoms with Gasteiger partial charge in [0.1, 0.15) is 6.61 Å². The van der Waals surface area contributed by atoms with Crippen LogP contribution in [0.25, 0.3) is 0 Å². The third-order valence-electron chi connectivity index (χ3n) is 2.78. The number of anilines is 2. The highest BCUT2D eigenvalue weighted by Gasteiger charge is 2.03. The molecule has 2 aromatic carbocycles. The van der Waals surface area contributed by atoms with E-state index < -0.39 is 0 Å². The van der Waals surface area contributed by atoms with Crippen molar-refractivity contribution in [2.45, 2.75) is 13.5 Å². The lowest BCUT2D eigenvalue weighted by Gasteiger charge is -2.07. The van der Waals surface area contributed by atoms with E-state index in [-0.39, 0.29) is 12.5 Å². The van der Waals surface area contributed by atoms with Gasteiger partial charge in [0.25, 0.3) is 0 Å². The van der Waals surface area contributed by atoms with E-state index in [0.29, 0.717) is 12.3 Å². The van der Waals surface area contributed by atoms with Gasteiger partial charge in [-0.2, -0.15) is 0 Å². The molecule has 0 radical (unpaired) electrons. The molecule has 0 aliphatic heterocycles. The number of carbonyl (C=O) groups excluding carboxylic acids is 1. The Morgan fingerprint density at radius 3 is 2.65 bits per heavy atom. The Labute approximate surface area is 118 Å². The van der Waals surface area contributed by atoms with E-state index in [0.717, 1.165) is 16.8 Å². The van der Waals surface area contributed by atoms with E-state index in [2.05, 4.69) is 5.32 Å². The second-order valence-electron chi connectivity index (χ2n) is 4.65. The molecule has 4 heteroatoms. The number of nitrogen functional groups attached to an aromatic ring is 1. The molecule has 104 valence electrons. The number of nitrogens with one attached hydrogen (secondary N) is 1. The molecule has 2 rings (SSSR count). The van der Waals surface area contributed by atoms with Crippen LogP contribution in [0.15, 0.2) is 48.5 Å². The maximum absolute atomic E-state index is 11.7. The van der Waals surface area contributed by atoms with Crippen LogP contribution in [0.4, 0.5) is 11.4 Å². The van der Waals surface area contributed by atoms with E-state index in [4.69, 9.17) is 10.5 Å². The van der Waals surface area contributed by atoms with Crippen LogP contribution in [0.3, 0.4) is 0 Å². The van der Waals surface area contributed by atoms with Crippen molar-refractivity contribution in [3.8, 4) is 0 Å². The fourth-order valence-corrected chi connectivity index (χ4v) is 1.80. The van der Waals surface area contributed by atoms with Crippen LogP contribution in [0.2, 0.25) is 0 Å². The Hall–Kier alpha value is -2.33. The summed E-state index contributed by atoms with van der Waals surface area (Å²) >= 11 is 0. The van der Waals surface area contributed by atoms with Gasteiger partial charge >= 0.3 is 0 Å². The van der Waals surface area contributed by atoms with Gasteiger partial charge in [0, 0.05) is 11.4 Å². The Balaban J connectivity index is 1.76. The number of aryl methyl sites for hydroxylation is 1. The van der Waals surface area contributed by atoms with Gasteiger partial charge in [-0.3, -0.25) is 4.79 Å². The smallest absolute Gasteiger partial charge is 0.250 e. The molecular weight excluding hydrogens is 252 g/mol. The molecule has 1 amide bonds. The van der Waals surface area contributed by atoms with Gasteiger partial charge in [0.05, 0.1) is 6.61 Å². The number of amides is 1. The van der Waals surface area contributed by atoms with Gasteiger partial charge < -0.3 is 15.8 Å². The minimum Gasteiger partial charge on any atom is -0.399 e. The molecule has 0 saturated carbocycles. The van der Waals surface area contributed by atoms with Gasteiger partial charge in [-0.15, -0.1) is 0 Å². The summed E-state index contributed by atoms with van der Waals surface area (Å²) in [4.78, 5) is 11.7. The van der Waals surface area contributed by atoms with Crippen molar-refractivity contribution in [2.24, 2.45) is 0 Å². The van der Waals surface area contributed by atoms with E-state index in [1.54, 1.807) is 0 Å². The van der Waals surface area contributed by atoms with Crippen LogP contribution in [-0.2, 0) is 16.1 Å². The van der Waals surface area contributed by atoms with Crippen LogP contribution in [0.5, 0.6) is 0 Å². The highest BCUT2D eigenvalue weighted by Crippen LogP contribution is 2.10. The molecule has 0 bridgehead atoms. The first kappa shape index (κ1) is 14.1. The molecular formula is C16H18N2O2. The van der Waals surface area contributed by atoms with Gasteiger partial charge in [0.15, 0.2) is 0 Å². The normalized spacial score (nSPS) is 10.2. The number of nitrogens with two attached hydrogens (primary N) is 1. The third kappa shape index (κ3) is 4.40. The number of rotatable bonds is 5. The van der Waals surface area contributed by atoms with E-state index >= 15 is 0 Å².